The van der Waals surface area contributed by atoms with Crippen molar-refractivity contribution < 1.29 is 4.79 Å². The Morgan fingerprint density at radius 3 is 2.31 bits per heavy atom. The number of nitrogens with zero attached hydrogens (tertiary/aromatic N) is 4. The predicted molar refractivity (Wildman–Crippen MR) is 113 cm³/mol. The summed E-state index contributed by atoms with van der Waals surface area (Å²) in [6.07, 6.45) is 4.96. The Labute approximate surface area is 171 Å². The van der Waals surface area contributed by atoms with Crippen LogP contribution in [0.2, 0.25) is 0 Å². The fraction of sp³-hybridized carbons (Fsp3) is 0.333. The third-order valence-electron chi connectivity index (χ3n) is 3.65. The molecule has 26 heavy (non-hydrogen) atoms. The minimum absolute atomic E-state index is 0. The highest BCUT2D eigenvalue weighted by atomic mass is 127. The lowest BCUT2D eigenvalue weighted by Gasteiger charge is -2.16. The van der Waals surface area contributed by atoms with E-state index in [1.54, 1.807) is 24.3 Å². The van der Waals surface area contributed by atoms with Gasteiger partial charge in [-0.05, 0) is 24.3 Å². The smallest absolute Gasteiger partial charge is 0.244 e. The maximum absolute atomic E-state index is 12.1. The number of halogens is 1. The first-order valence-corrected chi connectivity index (χ1v) is 8.22. The van der Waals surface area contributed by atoms with Crippen LogP contribution in [0, 0.1) is 0 Å². The number of hydrogen-bond acceptors (Lipinski definition) is 4. The molecule has 0 aromatic carbocycles. The summed E-state index contributed by atoms with van der Waals surface area (Å²) < 4.78 is 0. The molecule has 0 radical (unpaired) electrons. The molecule has 0 saturated heterocycles. The van der Waals surface area contributed by atoms with E-state index in [2.05, 4.69) is 20.3 Å². The van der Waals surface area contributed by atoms with Gasteiger partial charge >= 0.3 is 0 Å². The number of nitrogens with two attached hydrogens (primary N) is 1. The van der Waals surface area contributed by atoms with Gasteiger partial charge in [0, 0.05) is 56.8 Å². The zero-order valence-electron chi connectivity index (χ0n) is 14.8. The van der Waals surface area contributed by atoms with Crippen LogP contribution < -0.4 is 11.1 Å². The summed E-state index contributed by atoms with van der Waals surface area (Å²) in [6, 6.07) is 11.5. The molecule has 8 heteroatoms. The summed E-state index contributed by atoms with van der Waals surface area (Å²) in [6.45, 7) is 1.25. The van der Waals surface area contributed by atoms with E-state index in [1.807, 2.05) is 36.4 Å². The lowest BCUT2D eigenvalue weighted by molar-refractivity contribution is -0.128. The van der Waals surface area contributed by atoms with Gasteiger partial charge in [-0.25, -0.2) is 4.99 Å². The molecule has 2 aromatic rings. The van der Waals surface area contributed by atoms with Gasteiger partial charge in [-0.1, -0.05) is 12.1 Å². The quantitative estimate of drug-likeness (QED) is 0.345. The predicted octanol–water partition coefficient (Wildman–Crippen LogP) is 1.24. The van der Waals surface area contributed by atoms with Crippen molar-refractivity contribution in [2.45, 2.75) is 12.8 Å². The summed E-state index contributed by atoms with van der Waals surface area (Å²) in [5.41, 5.74) is 7.73. The number of nitrogens with one attached hydrogen (secondary N) is 1. The monoisotopic (exact) mass is 468 g/mol. The largest absolute Gasteiger partial charge is 0.370 e. The van der Waals surface area contributed by atoms with Crippen molar-refractivity contribution in [2.75, 3.05) is 26.7 Å². The first-order chi connectivity index (χ1) is 12.1. The molecule has 0 fully saturated rings. The van der Waals surface area contributed by atoms with Gasteiger partial charge in [0.25, 0.3) is 0 Å². The molecule has 2 aromatic heterocycles. The van der Waals surface area contributed by atoms with E-state index in [9.17, 15) is 4.79 Å². The minimum atomic E-state index is -0.0783. The number of pyridine rings is 2. The van der Waals surface area contributed by atoms with E-state index in [4.69, 9.17) is 5.73 Å². The molecule has 1 amide bonds. The second-order valence-electron chi connectivity index (χ2n) is 5.59. The fourth-order valence-electron chi connectivity index (χ4n) is 2.15. The summed E-state index contributed by atoms with van der Waals surface area (Å²) in [7, 11) is 1.76. The van der Waals surface area contributed by atoms with Crippen LogP contribution in [0.5, 0.6) is 0 Å². The van der Waals surface area contributed by atoms with Crippen molar-refractivity contribution in [1.82, 2.24) is 20.2 Å². The second-order valence-corrected chi connectivity index (χ2v) is 5.59. The average molecular weight is 468 g/mol. The van der Waals surface area contributed by atoms with Gasteiger partial charge in [-0.15, -0.1) is 24.0 Å². The highest BCUT2D eigenvalue weighted by molar-refractivity contribution is 14.0. The van der Waals surface area contributed by atoms with E-state index < -0.39 is 0 Å². The Bertz CT molecular complexity index is 681. The van der Waals surface area contributed by atoms with Crippen molar-refractivity contribution in [3.63, 3.8) is 0 Å². The normalized spacial score (nSPS) is 10.7. The highest BCUT2D eigenvalue weighted by Crippen LogP contribution is 1.97. The van der Waals surface area contributed by atoms with Gasteiger partial charge < -0.3 is 16.0 Å². The van der Waals surface area contributed by atoms with Gasteiger partial charge in [-0.2, -0.15) is 0 Å². The number of amides is 1. The molecular formula is C18H25IN6O. The average Bonchev–Trinajstić information content (AvgIpc) is 2.66. The van der Waals surface area contributed by atoms with Crippen LogP contribution in [-0.4, -0.2) is 53.4 Å². The standard InChI is InChI=1S/C18H24N6O.HI/c1-24(13-9-16-7-3-5-11-21-16)17(25)14-23-18(19)22-12-8-15-6-2-4-10-20-15;/h2-7,10-11H,8-9,12-14H2,1H3,(H3,19,22,23);1H. The van der Waals surface area contributed by atoms with Gasteiger partial charge in [0.2, 0.25) is 5.91 Å². The van der Waals surface area contributed by atoms with Crippen LogP contribution in [-0.2, 0) is 17.6 Å². The SMILES string of the molecule is CN(CCc1ccccn1)C(=O)CN=C(N)NCCc1ccccn1.I. The van der Waals surface area contributed by atoms with Crippen LogP contribution >= 0.6 is 24.0 Å². The number of likely N-dealkylation sites (N-methyl/N-ethyl adjacent to an activating group) is 1. The van der Waals surface area contributed by atoms with E-state index in [-0.39, 0.29) is 42.4 Å². The first-order valence-electron chi connectivity index (χ1n) is 8.22. The molecule has 0 spiro atoms. The molecule has 2 rings (SSSR count). The van der Waals surface area contributed by atoms with Crippen LogP contribution in [0.1, 0.15) is 11.4 Å². The molecular weight excluding hydrogens is 443 g/mol. The van der Waals surface area contributed by atoms with Crippen LogP contribution in [0.4, 0.5) is 0 Å². The number of guanidine groups is 1. The molecule has 0 atom stereocenters. The summed E-state index contributed by atoms with van der Waals surface area (Å²) >= 11 is 0. The summed E-state index contributed by atoms with van der Waals surface area (Å²) in [4.78, 5) is 26.3. The lowest BCUT2D eigenvalue weighted by atomic mass is 10.2. The molecule has 0 saturated carbocycles. The van der Waals surface area contributed by atoms with Crippen LogP contribution in [0.15, 0.2) is 53.8 Å². The zero-order valence-corrected chi connectivity index (χ0v) is 17.2. The third kappa shape index (κ3) is 8.24. The number of hydrogen-bond donors (Lipinski definition) is 2. The summed E-state index contributed by atoms with van der Waals surface area (Å²) in [5.74, 6) is 0.188. The topological polar surface area (TPSA) is 96.5 Å². The molecule has 140 valence electrons. The van der Waals surface area contributed by atoms with Crippen molar-refractivity contribution in [3.8, 4) is 0 Å². The van der Waals surface area contributed by atoms with Gasteiger partial charge in [-0.3, -0.25) is 14.8 Å². The number of aliphatic imine (C=N–C) groups is 1. The van der Waals surface area contributed by atoms with Crippen molar-refractivity contribution >= 4 is 35.8 Å². The highest BCUT2D eigenvalue weighted by Gasteiger charge is 2.08. The van der Waals surface area contributed by atoms with E-state index in [1.165, 1.54) is 0 Å². The molecule has 3 N–H and O–H groups in total. The molecule has 2 heterocycles. The Balaban J connectivity index is 0.00000338. The Hall–Kier alpha value is -2.23. The third-order valence-corrected chi connectivity index (χ3v) is 3.65. The van der Waals surface area contributed by atoms with E-state index in [0.717, 1.165) is 17.8 Å². The molecule has 7 nitrogen and oxygen atoms in total. The molecule has 0 aliphatic rings. The molecule has 0 aliphatic heterocycles. The Morgan fingerprint density at radius 2 is 1.73 bits per heavy atom. The van der Waals surface area contributed by atoms with Gasteiger partial charge in [0.05, 0.1) is 0 Å². The lowest BCUT2D eigenvalue weighted by Crippen LogP contribution is -2.36. The van der Waals surface area contributed by atoms with Crippen molar-refractivity contribution in [3.05, 3.63) is 60.2 Å². The van der Waals surface area contributed by atoms with E-state index >= 15 is 0 Å². The molecule has 0 aliphatic carbocycles. The maximum Gasteiger partial charge on any atom is 0.244 e. The maximum atomic E-state index is 12.1. The Morgan fingerprint density at radius 1 is 1.12 bits per heavy atom. The first kappa shape index (κ1) is 21.8. The molecule has 0 unspecified atom stereocenters. The number of rotatable bonds is 8. The number of carbonyl (C=O) groups excluding carboxylic acids is 1. The Kier molecular flexibility index (Phi) is 10.2. The van der Waals surface area contributed by atoms with E-state index in [0.29, 0.717) is 19.5 Å². The summed E-state index contributed by atoms with van der Waals surface area (Å²) in [5, 5.41) is 2.99. The number of aromatic nitrogens is 2. The second kappa shape index (κ2) is 12.2. The minimum Gasteiger partial charge on any atom is -0.370 e. The number of carbonyl (C=O) groups is 1. The van der Waals surface area contributed by atoms with Gasteiger partial charge in [0.1, 0.15) is 6.54 Å². The van der Waals surface area contributed by atoms with Crippen LogP contribution in [0.3, 0.4) is 0 Å². The van der Waals surface area contributed by atoms with Gasteiger partial charge in [0.15, 0.2) is 5.96 Å². The fourth-order valence-corrected chi connectivity index (χ4v) is 2.15. The zero-order chi connectivity index (χ0) is 17.9. The van der Waals surface area contributed by atoms with Crippen molar-refractivity contribution in [1.29, 1.82) is 0 Å². The van der Waals surface area contributed by atoms with Crippen LogP contribution in [0.25, 0.3) is 0 Å². The molecule has 0 bridgehead atoms. The van der Waals surface area contributed by atoms with Crippen molar-refractivity contribution in [2.24, 2.45) is 10.7 Å².